The van der Waals surface area contributed by atoms with Crippen molar-refractivity contribution < 1.29 is 0 Å². The highest BCUT2D eigenvalue weighted by molar-refractivity contribution is 9.11. The maximum Gasteiger partial charge on any atom is 0.137 e. The number of hydrogen-bond donors (Lipinski definition) is 1. The highest BCUT2D eigenvalue weighted by Gasteiger charge is 2.19. The lowest BCUT2D eigenvalue weighted by Crippen LogP contribution is -2.16. The van der Waals surface area contributed by atoms with Gasteiger partial charge in [-0.3, -0.25) is 0 Å². The SMILES string of the molecule is CC(C)(C)c1nc(Cl)cc(Nc2c(Br)cccc2Br)n1. The number of aromatic nitrogens is 2. The topological polar surface area (TPSA) is 37.8 Å². The van der Waals surface area contributed by atoms with Crippen molar-refractivity contribution in [3.05, 3.63) is 44.2 Å². The highest BCUT2D eigenvalue weighted by atomic mass is 79.9. The molecule has 6 heteroatoms. The first kappa shape index (κ1) is 15.7. The number of rotatable bonds is 2. The van der Waals surface area contributed by atoms with Crippen molar-refractivity contribution in [3.8, 4) is 0 Å². The third-order valence-electron chi connectivity index (χ3n) is 2.58. The van der Waals surface area contributed by atoms with E-state index in [1.54, 1.807) is 6.07 Å². The number of benzene rings is 1. The molecule has 0 saturated carbocycles. The van der Waals surface area contributed by atoms with Crippen LogP contribution in [0.15, 0.2) is 33.2 Å². The van der Waals surface area contributed by atoms with E-state index in [9.17, 15) is 0 Å². The Kier molecular flexibility index (Phi) is 4.72. The molecule has 0 aliphatic heterocycles. The number of nitrogens with zero attached hydrogens (tertiary/aromatic N) is 2. The van der Waals surface area contributed by atoms with Crippen LogP contribution >= 0.6 is 43.5 Å². The van der Waals surface area contributed by atoms with Gasteiger partial charge in [0.05, 0.1) is 5.69 Å². The molecular weight excluding hydrogens is 405 g/mol. The summed E-state index contributed by atoms with van der Waals surface area (Å²) in [7, 11) is 0. The molecule has 0 radical (unpaired) electrons. The molecule has 0 amide bonds. The van der Waals surface area contributed by atoms with Crippen LogP contribution in [0, 0.1) is 0 Å². The molecule has 2 rings (SSSR count). The number of nitrogens with one attached hydrogen (secondary N) is 1. The van der Waals surface area contributed by atoms with Crippen LogP contribution in [-0.4, -0.2) is 9.97 Å². The van der Waals surface area contributed by atoms with E-state index >= 15 is 0 Å². The molecule has 0 saturated heterocycles. The van der Waals surface area contributed by atoms with Crippen LogP contribution in [-0.2, 0) is 5.41 Å². The molecule has 0 unspecified atom stereocenters. The zero-order chi connectivity index (χ0) is 14.9. The molecule has 106 valence electrons. The largest absolute Gasteiger partial charge is 0.338 e. The van der Waals surface area contributed by atoms with Crippen molar-refractivity contribution in [2.75, 3.05) is 5.32 Å². The van der Waals surface area contributed by atoms with E-state index in [4.69, 9.17) is 11.6 Å². The van der Waals surface area contributed by atoms with Crippen molar-refractivity contribution in [1.29, 1.82) is 0 Å². The van der Waals surface area contributed by atoms with Crippen molar-refractivity contribution >= 4 is 55.0 Å². The third kappa shape index (κ3) is 3.71. The minimum atomic E-state index is -0.160. The highest BCUT2D eigenvalue weighted by Crippen LogP contribution is 2.33. The molecular formula is C14H14Br2ClN3. The number of para-hydroxylation sites is 1. The van der Waals surface area contributed by atoms with Crippen molar-refractivity contribution in [1.82, 2.24) is 9.97 Å². The molecule has 0 aliphatic carbocycles. The fraction of sp³-hybridized carbons (Fsp3) is 0.286. The van der Waals surface area contributed by atoms with Crippen LogP contribution in [0.5, 0.6) is 0 Å². The van der Waals surface area contributed by atoms with Crippen LogP contribution in [0.2, 0.25) is 5.15 Å². The minimum Gasteiger partial charge on any atom is -0.338 e. The lowest BCUT2D eigenvalue weighted by Gasteiger charge is -2.18. The summed E-state index contributed by atoms with van der Waals surface area (Å²) in [4.78, 5) is 8.82. The summed E-state index contributed by atoms with van der Waals surface area (Å²) in [6.07, 6.45) is 0. The summed E-state index contributed by atoms with van der Waals surface area (Å²) in [5, 5.41) is 3.69. The molecule has 2 aromatic rings. The van der Waals surface area contributed by atoms with Gasteiger partial charge in [0.15, 0.2) is 0 Å². The van der Waals surface area contributed by atoms with E-state index in [0.29, 0.717) is 16.8 Å². The van der Waals surface area contributed by atoms with Gasteiger partial charge in [-0.15, -0.1) is 0 Å². The molecule has 3 nitrogen and oxygen atoms in total. The van der Waals surface area contributed by atoms with Crippen LogP contribution in [0.1, 0.15) is 26.6 Å². The Morgan fingerprint density at radius 2 is 1.70 bits per heavy atom. The molecule has 0 bridgehead atoms. The Bertz CT molecular complexity index is 619. The lowest BCUT2D eigenvalue weighted by atomic mass is 9.96. The Hall–Kier alpha value is -0.650. The lowest BCUT2D eigenvalue weighted by molar-refractivity contribution is 0.546. The van der Waals surface area contributed by atoms with Gasteiger partial charge in [-0.2, -0.15) is 0 Å². The summed E-state index contributed by atoms with van der Waals surface area (Å²) < 4.78 is 1.89. The monoisotopic (exact) mass is 417 g/mol. The molecule has 0 atom stereocenters. The first-order valence-electron chi connectivity index (χ1n) is 6.03. The summed E-state index contributed by atoms with van der Waals surface area (Å²) in [5.74, 6) is 1.37. The fourth-order valence-corrected chi connectivity index (χ4v) is 2.94. The van der Waals surface area contributed by atoms with E-state index in [0.717, 1.165) is 14.6 Å². The molecule has 1 aromatic carbocycles. The van der Waals surface area contributed by atoms with Gasteiger partial charge in [-0.25, -0.2) is 9.97 Å². The van der Waals surface area contributed by atoms with Gasteiger partial charge in [0.25, 0.3) is 0 Å². The van der Waals surface area contributed by atoms with Gasteiger partial charge in [-0.1, -0.05) is 38.4 Å². The predicted molar refractivity (Wildman–Crippen MR) is 90.9 cm³/mol. The van der Waals surface area contributed by atoms with Crippen molar-refractivity contribution in [3.63, 3.8) is 0 Å². The van der Waals surface area contributed by atoms with Crippen molar-refractivity contribution in [2.24, 2.45) is 0 Å². The summed E-state index contributed by atoms with van der Waals surface area (Å²) in [6.45, 7) is 6.16. The maximum atomic E-state index is 6.09. The smallest absolute Gasteiger partial charge is 0.137 e. The van der Waals surface area contributed by atoms with Crippen LogP contribution in [0.4, 0.5) is 11.5 Å². The quantitative estimate of drug-likeness (QED) is 0.635. The van der Waals surface area contributed by atoms with Gasteiger partial charge in [0, 0.05) is 20.4 Å². The molecule has 0 spiro atoms. The molecule has 20 heavy (non-hydrogen) atoms. The van der Waals surface area contributed by atoms with E-state index < -0.39 is 0 Å². The van der Waals surface area contributed by atoms with E-state index in [2.05, 4.69) is 67.9 Å². The summed E-state index contributed by atoms with van der Waals surface area (Å²) in [5.41, 5.74) is 0.745. The Morgan fingerprint density at radius 1 is 1.10 bits per heavy atom. The van der Waals surface area contributed by atoms with Gasteiger partial charge < -0.3 is 5.32 Å². The number of hydrogen-bond acceptors (Lipinski definition) is 3. The van der Waals surface area contributed by atoms with Crippen LogP contribution in [0.3, 0.4) is 0 Å². The molecule has 1 N–H and O–H groups in total. The second-order valence-corrected chi connectivity index (χ2v) is 7.47. The van der Waals surface area contributed by atoms with Crippen LogP contribution in [0.25, 0.3) is 0 Å². The standard InChI is InChI=1S/C14H14Br2ClN3/c1-14(2,3)13-18-10(17)7-11(20-13)19-12-8(15)5-4-6-9(12)16/h4-7H,1-3H3,(H,18,19,20). The van der Waals surface area contributed by atoms with Gasteiger partial charge in [0.1, 0.15) is 16.8 Å². The third-order valence-corrected chi connectivity index (χ3v) is 4.10. The molecule has 0 aliphatic rings. The Morgan fingerprint density at radius 3 is 2.25 bits per heavy atom. The average Bonchev–Trinajstić information content (AvgIpc) is 2.32. The first-order valence-corrected chi connectivity index (χ1v) is 8.00. The zero-order valence-electron chi connectivity index (χ0n) is 11.3. The van der Waals surface area contributed by atoms with Crippen LogP contribution < -0.4 is 5.32 Å². The summed E-state index contributed by atoms with van der Waals surface area (Å²) in [6, 6.07) is 7.58. The van der Waals surface area contributed by atoms with Gasteiger partial charge in [0.2, 0.25) is 0 Å². The second kappa shape index (κ2) is 6.00. The number of halogens is 3. The normalized spacial score (nSPS) is 11.5. The zero-order valence-corrected chi connectivity index (χ0v) is 15.3. The van der Waals surface area contributed by atoms with Gasteiger partial charge >= 0.3 is 0 Å². The maximum absolute atomic E-state index is 6.09. The first-order chi connectivity index (χ1) is 9.27. The molecule has 1 aromatic heterocycles. The average molecular weight is 420 g/mol. The minimum absolute atomic E-state index is 0.160. The Balaban J connectivity index is 2.42. The predicted octanol–water partition coefficient (Wildman–Crippen LogP) is 5.70. The second-order valence-electron chi connectivity index (χ2n) is 5.37. The Labute approximate surface area is 140 Å². The van der Waals surface area contributed by atoms with E-state index in [-0.39, 0.29) is 5.41 Å². The van der Waals surface area contributed by atoms with E-state index in [1.807, 2.05) is 18.2 Å². The fourth-order valence-electron chi connectivity index (χ4n) is 1.56. The van der Waals surface area contributed by atoms with E-state index in [1.165, 1.54) is 0 Å². The summed E-state index contributed by atoms with van der Waals surface area (Å²) >= 11 is 13.1. The molecule has 1 heterocycles. The van der Waals surface area contributed by atoms with Crippen molar-refractivity contribution in [2.45, 2.75) is 26.2 Å². The van der Waals surface area contributed by atoms with Gasteiger partial charge in [-0.05, 0) is 44.0 Å². The number of anilines is 2. The molecule has 0 fully saturated rings.